The van der Waals surface area contributed by atoms with Crippen LogP contribution in [0.5, 0.6) is 0 Å². The summed E-state index contributed by atoms with van der Waals surface area (Å²) in [5.41, 5.74) is 11.0. The molecule has 2 aliphatic rings. The van der Waals surface area contributed by atoms with E-state index in [2.05, 4.69) is 127 Å². The minimum absolute atomic E-state index is 0.141. The fourth-order valence-corrected chi connectivity index (χ4v) is 38.8. The van der Waals surface area contributed by atoms with Gasteiger partial charge in [0.1, 0.15) is 0 Å². The second-order valence-corrected chi connectivity index (χ2v) is 56.1. The molecule has 0 saturated heterocycles. The van der Waals surface area contributed by atoms with Crippen LogP contribution in [0.3, 0.4) is 0 Å². The molecule has 0 fully saturated rings. The molecule has 227 valence electrons. The summed E-state index contributed by atoms with van der Waals surface area (Å²) in [6.45, 7) is 18.8. The van der Waals surface area contributed by atoms with Gasteiger partial charge in [-0.3, -0.25) is 0 Å². The predicted octanol–water partition coefficient (Wildman–Crippen LogP) is 13.0. The second-order valence-electron chi connectivity index (χ2n) is 13.6. The number of halogens is 2. The third-order valence-corrected chi connectivity index (χ3v) is 61.5. The molecule has 42 heavy (non-hydrogen) atoms. The fraction of sp³-hybridized carbons (Fsp3) is 0.474. The Morgan fingerprint density at radius 1 is 0.714 bits per heavy atom. The topological polar surface area (TPSA) is 0 Å². The van der Waals surface area contributed by atoms with Crippen LogP contribution in [-0.4, -0.2) is 5.92 Å². The standard InChI is InChI=1S/2C18H23.C2H7Si.2ClH.Zr/c2*1-4-5-6-7-9-15-10-8-11-16-12-17(14(2)3)13-18(15)16;1-3-2;;;/h2*7-14H,4-6H2,1-3H3;3H,1-2H3;2*1H;/q;;;;;+2/p-2. The summed E-state index contributed by atoms with van der Waals surface area (Å²) in [5.74, 6) is -0.797. The van der Waals surface area contributed by atoms with Gasteiger partial charge in [0.2, 0.25) is 0 Å². The molecule has 2 aromatic carbocycles. The van der Waals surface area contributed by atoms with E-state index in [1.54, 1.807) is 0 Å². The molecule has 0 spiro atoms. The summed E-state index contributed by atoms with van der Waals surface area (Å²) >= 11 is -4.74. The van der Waals surface area contributed by atoms with E-state index in [0.29, 0.717) is 11.8 Å². The van der Waals surface area contributed by atoms with Crippen molar-refractivity contribution in [3.05, 3.63) is 93.1 Å². The van der Waals surface area contributed by atoms with Crippen molar-refractivity contribution in [2.75, 3.05) is 0 Å². The molecular formula is C38H53Cl2SiZr. The first kappa shape index (κ1) is 34.0. The molecule has 0 radical (unpaired) electrons. The van der Waals surface area contributed by atoms with Crippen molar-refractivity contribution < 1.29 is 15.6 Å². The summed E-state index contributed by atoms with van der Waals surface area (Å²) in [6, 6.07) is 13.7. The van der Waals surface area contributed by atoms with E-state index in [0.717, 1.165) is 12.8 Å². The quantitative estimate of drug-likeness (QED) is 0.144. The van der Waals surface area contributed by atoms with Crippen molar-refractivity contribution >= 4 is 47.3 Å². The number of hydrogen-bond acceptors (Lipinski definition) is 0. The summed E-state index contributed by atoms with van der Waals surface area (Å²) in [4.78, 5) is 0. The van der Waals surface area contributed by atoms with Crippen molar-refractivity contribution in [1.82, 2.24) is 0 Å². The maximum absolute atomic E-state index is 8.59. The molecule has 4 rings (SSSR count). The van der Waals surface area contributed by atoms with Crippen LogP contribution in [0, 0.1) is 11.8 Å². The van der Waals surface area contributed by atoms with E-state index in [-0.39, 0.29) is 7.25 Å². The molecule has 0 aromatic heterocycles. The number of benzene rings is 2. The molecule has 2 aliphatic carbocycles. The van der Waals surface area contributed by atoms with Crippen LogP contribution in [0.2, 0.25) is 13.1 Å². The molecule has 0 aliphatic heterocycles. The first-order chi connectivity index (χ1) is 20.0. The van der Waals surface area contributed by atoms with Crippen LogP contribution in [0.4, 0.5) is 0 Å². The van der Waals surface area contributed by atoms with Crippen LogP contribution < -0.4 is 0 Å². The van der Waals surface area contributed by atoms with Gasteiger partial charge in [0, 0.05) is 0 Å². The van der Waals surface area contributed by atoms with E-state index in [9.17, 15) is 0 Å². The average molecular weight is 700 g/mol. The van der Waals surface area contributed by atoms with Crippen molar-refractivity contribution in [2.45, 2.75) is 100 Å². The zero-order chi connectivity index (χ0) is 30.7. The van der Waals surface area contributed by atoms with E-state index in [4.69, 9.17) is 17.0 Å². The third kappa shape index (κ3) is 6.27. The van der Waals surface area contributed by atoms with Gasteiger partial charge in [-0.1, -0.05) is 0 Å². The van der Waals surface area contributed by atoms with Gasteiger partial charge in [-0.15, -0.1) is 0 Å². The molecular weight excluding hydrogens is 647 g/mol. The minimum atomic E-state index is -4.74. The molecule has 2 atom stereocenters. The molecule has 0 heterocycles. The Balaban J connectivity index is 1.94. The molecule has 0 amide bonds. The summed E-state index contributed by atoms with van der Waals surface area (Å²) in [7, 11) is 17.2. The van der Waals surface area contributed by atoms with Crippen LogP contribution in [0.25, 0.3) is 24.3 Å². The van der Waals surface area contributed by atoms with Crippen molar-refractivity contribution in [2.24, 2.45) is 11.8 Å². The van der Waals surface area contributed by atoms with Crippen molar-refractivity contribution in [3.63, 3.8) is 0 Å². The zero-order valence-corrected chi connectivity index (χ0v) is 32.4. The summed E-state index contributed by atoms with van der Waals surface area (Å²) < 4.78 is 0.282. The third-order valence-electron chi connectivity index (χ3n) is 9.84. The SMILES string of the molecule is CCCCC=Cc1cccc2c1C=C(C(C)C)[CH]2[Zr]([Cl])([Cl])([CH]1C(C(C)C)=Cc2c(C=CCCCC)cccc21)[SiH](C)C. The molecule has 4 heteroatoms. The molecule has 2 unspecified atom stereocenters. The van der Waals surface area contributed by atoms with E-state index in [1.165, 1.54) is 70.2 Å². The van der Waals surface area contributed by atoms with Gasteiger partial charge in [-0.05, 0) is 0 Å². The first-order valence-corrected chi connectivity index (χ1v) is 32.9. The van der Waals surface area contributed by atoms with E-state index < -0.39 is 21.5 Å². The Kier molecular flexibility index (Phi) is 11.3. The predicted molar refractivity (Wildman–Crippen MR) is 192 cm³/mol. The molecule has 0 saturated carbocycles. The Morgan fingerprint density at radius 2 is 1.12 bits per heavy atom. The van der Waals surface area contributed by atoms with Crippen LogP contribution in [0.1, 0.15) is 121 Å². The Morgan fingerprint density at radius 3 is 1.45 bits per heavy atom. The monoisotopic (exact) mass is 697 g/mol. The number of rotatable bonds is 13. The fourth-order valence-electron chi connectivity index (χ4n) is 7.32. The summed E-state index contributed by atoms with van der Waals surface area (Å²) in [6.07, 6.45) is 21.5. The van der Waals surface area contributed by atoms with E-state index in [1.807, 2.05) is 0 Å². The number of allylic oxidation sites excluding steroid dienone is 4. The maximum atomic E-state index is 8.59. The van der Waals surface area contributed by atoms with Gasteiger partial charge in [0.25, 0.3) is 0 Å². The number of fused-ring (bicyclic) bond motifs is 2. The van der Waals surface area contributed by atoms with Crippen LogP contribution in [-0.2, 0) is 15.6 Å². The van der Waals surface area contributed by atoms with Crippen LogP contribution in [0.15, 0.2) is 59.7 Å². The molecule has 2 aromatic rings. The van der Waals surface area contributed by atoms with E-state index >= 15 is 0 Å². The zero-order valence-electron chi connectivity index (χ0n) is 27.3. The Labute approximate surface area is 266 Å². The first-order valence-electron chi connectivity index (χ1n) is 16.6. The van der Waals surface area contributed by atoms with Gasteiger partial charge in [-0.2, -0.15) is 0 Å². The van der Waals surface area contributed by atoms with Crippen LogP contribution >= 0.6 is 17.0 Å². The van der Waals surface area contributed by atoms with Gasteiger partial charge < -0.3 is 0 Å². The molecule has 0 nitrogen and oxygen atoms in total. The molecule has 0 N–H and O–H groups in total. The normalized spacial score (nSPS) is 19.6. The summed E-state index contributed by atoms with van der Waals surface area (Å²) in [5, 5.41) is 0. The Hall–Kier alpha value is -0.920. The van der Waals surface area contributed by atoms with Gasteiger partial charge in [-0.25, -0.2) is 0 Å². The second kappa shape index (κ2) is 14.0. The van der Waals surface area contributed by atoms with Crippen molar-refractivity contribution in [1.29, 1.82) is 0 Å². The average Bonchev–Trinajstić information content (AvgIpc) is 3.55. The van der Waals surface area contributed by atoms with Crippen molar-refractivity contribution in [3.8, 4) is 0 Å². The number of hydrogen-bond donors (Lipinski definition) is 0. The van der Waals surface area contributed by atoms with Gasteiger partial charge in [0.05, 0.1) is 0 Å². The Bertz CT molecular complexity index is 1290. The van der Waals surface area contributed by atoms with Gasteiger partial charge >= 0.3 is 268 Å². The molecule has 0 bridgehead atoms. The number of unbranched alkanes of at least 4 members (excludes halogenated alkanes) is 4. The van der Waals surface area contributed by atoms with Gasteiger partial charge in [0.15, 0.2) is 0 Å².